The minimum Gasteiger partial charge on any atom is -0.443 e. The van der Waals surface area contributed by atoms with Crippen molar-refractivity contribution in [2.45, 2.75) is 76.2 Å². The molecule has 45 heavy (non-hydrogen) atoms. The molecule has 0 saturated carbocycles. The summed E-state index contributed by atoms with van der Waals surface area (Å²) in [5.74, 6) is 0.521. The number of aliphatic hydroxyl groups is 1. The molecule has 2 aromatic carbocycles. The van der Waals surface area contributed by atoms with Gasteiger partial charge in [-0.05, 0) is 45.9 Å². The van der Waals surface area contributed by atoms with E-state index in [-0.39, 0.29) is 17.9 Å². The van der Waals surface area contributed by atoms with Crippen molar-refractivity contribution < 1.29 is 42.0 Å². The van der Waals surface area contributed by atoms with Crippen LogP contribution in [-0.4, -0.2) is 67.5 Å². The SMILES string of the molecule is Cc1nc([C@@H]2OC3COC(c4ccccc4)O[C@@H]3C(NNC(=O)OC(C)(C)C)C2O)n(-c2ccc3nc(C(F)(F)F)sc3c2)n1. The molecule has 2 saturated heterocycles. The molecule has 6 atom stereocenters. The average Bonchev–Trinajstić information content (AvgIpc) is 3.59. The third-order valence-corrected chi connectivity index (χ3v) is 8.14. The van der Waals surface area contributed by atoms with Gasteiger partial charge in [-0.1, -0.05) is 30.3 Å². The maximum Gasteiger partial charge on any atom is 0.443 e. The minimum absolute atomic E-state index is 0.0816. The number of alkyl halides is 3. The fraction of sp³-hybridized carbons (Fsp3) is 0.448. The Balaban J connectivity index is 1.32. The van der Waals surface area contributed by atoms with Crippen molar-refractivity contribution >= 4 is 27.6 Å². The number of aliphatic hydroxyl groups excluding tert-OH is 1. The van der Waals surface area contributed by atoms with Gasteiger partial charge < -0.3 is 24.1 Å². The predicted molar refractivity (Wildman–Crippen MR) is 154 cm³/mol. The van der Waals surface area contributed by atoms with Gasteiger partial charge in [0.05, 0.1) is 28.6 Å². The van der Waals surface area contributed by atoms with Gasteiger partial charge >= 0.3 is 12.3 Å². The highest BCUT2D eigenvalue weighted by atomic mass is 32.1. The van der Waals surface area contributed by atoms with Crippen molar-refractivity contribution in [3.63, 3.8) is 0 Å². The zero-order valence-electron chi connectivity index (χ0n) is 24.6. The number of hydrogen-bond acceptors (Lipinski definition) is 11. The standard InChI is InChI=1S/C29H31F3N6O6S/c1-14-33-24(38(37-14)16-10-11-17-19(12-16)45-26(34-17)29(30,31)32)23-21(39)20(35-36-27(40)44-28(2,3)4)22-18(42-23)13-41-25(43-22)15-8-6-5-7-9-15/h5-12,18,20-23,25,35,39H,13H2,1-4H3,(H,36,40)/t18?,20?,21?,22-,23+,25?/m0/s1. The molecule has 3 N–H and O–H groups in total. The number of amides is 1. The lowest BCUT2D eigenvalue weighted by Gasteiger charge is -2.48. The number of halogens is 3. The molecule has 0 radical (unpaired) electrons. The number of nitrogens with zero attached hydrogens (tertiary/aromatic N) is 4. The van der Waals surface area contributed by atoms with Gasteiger partial charge in [0.2, 0.25) is 0 Å². The molecule has 1 amide bonds. The van der Waals surface area contributed by atoms with E-state index in [0.717, 1.165) is 5.56 Å². The number of rotatable bonds is 5. The summed E-state index contributed by atoms with van der Waals surface area (Å²) < 4.78 is 65.6. The maximum atomic E-state index is 13.3. The Morgan fingerprint density at radius 1 is 1.11 bits per heavy atom. The van der Waals surface area contributed by atoms with Crippen molar-refractivity contribution in [3.8, 4) is 5.69 Å². The molecule has 12 nitrogen and oxygen atoms in total. The highest BCUT2D eigenvalue weighted by Crippen LogP contribution is 2.40. The molecule has 4 unspecified atom stereocenters. The number of aryl methyl sites for hydroxylation is 1. The summed E-state index contributed by atoms with van der Waals surface area (Å²) in [6, 6.07) is 12.9. The van der Waals surface area contributed by atoms with Crippen molar-refractivity contribution in [3.05, 3.63) is 70.8 Å². The monoisotopic (exact) mass is 648 g/mol. The number of aromatic nitrogens is 4. The van der Waals surface area contributed by atoms with Gasteiger partial charge in [-0.2, -0.15) is 18.3 Å². The first-order valence-corrected chi connectivity index (χ1v) is 14.9. The number of carbonyl (C=O) groups is 1. The molecule has 4 aromatic rings. The fourth-order valence-corrected chi connectivity index (χ4v) is 6.08. The van der Waals surface area contributed by atoms with Crippen LogP contribution in [0.1, 0.15) is 55.4 Å². The second-order valence-electron chi connectivity index (χ2n) is 11.7. The van der Waals surface area contributed by atoms with Crippen LogP contribution in [0.4, 0.5) is 18.0 Å². The number of benzene rings is 2. The molecule has 0 bridgehead atoms. The topological polar surface area (TPSA) is 142 Å². The number of fused-ring (bicyclic) bond motifs is 2. The van der Waals surface area contributed by atoms with E-state index in [9.17, 15) is 23.1 Å². The summed E-state index contributed by atoms with van der Waals surface area (Å²) in [4.78, 5) is 20.8. The van der Waals surface area contributed by atoms with E-state index in [1.165, 1.54) is 16.8 Å². The predicted octanol–water partition coefficient (Wildman–Crippen LogP) is 4.52. The number of nitrogens with one attached hydrogen (secondary N) is 2. The van der Waals surface area contributed by atoms with Crippen LogP contribution in [0.3, 0.4) is 0 Å². The van der Waals surface area contributed by atoms with Gasteiger partial charge in [0.15, 0.2) is 17.1 Å². The summed E-state index contributed by atoms with van der Waals surface area (Å²) in [7, 11) is 0. The summed E-state index contributed by atoms with van der Waals surface area (Å²) in [5, 5.41) is 15.2. The van der Waals surface area contributed by atoms with Crippen molar-refractivity contribution in [2.75, 3.05) is 6.61 Å². The number of hydrogen-bond donors (Lipinski definition) is 3. The third kappa shape index (κ3) is 6.66. The Bertz CT molecular complexity index is 1680. The molecule has 2 fully saturated rings. The van der Waals surface area contributed by atoms with Gasteiger partial charge in [-0.15, -0.1) is 11.3 Å². The van der Waals surface area contributed by atoms with Crippen molar-refractivity contribution in [2.24, 2.45) is 0 Å². The van der Waals surface area contributed by atoms with Gasteiger partial charge in [0.1, 0.15) is 35.8 Å². The van der Waals surface area contributed by atoms with Crippen molar-refractivity contribution in [1.82, 2.24) is 30.6 Å². The second-order valence-corrected chi connectivity index (χ2v) is 12.7. The summed E-state index contributed by atoms with van der Waals surface area (Å²) >= 11 is 0.515. The van der Waals surface area contributed by atoms with Crippen LogP contribution in [0.5, 0.6) is 0 Å². The van der Waals surface area contributed by atoms with Crippen LogP contribution in [0.25, 0.3) is 15.9 Å². The van der Waals surface area contributed by atoms with Gasteiger partial charge in [-0.3, -0.25) is 5.43 Å². The maximum absolute atomic E-state index is 13.3. The largest absolute Gasteiger partial charge is 0.443 e. The Morgan fingerprint density at radius 2 is 1.87 bits per heavy atom. The number of carbonyl (C=O) groups excluding carboxylic acids is 1. The molecule has 2 aliphatic rings. The average molecular weight is 649 g/mol. The van der Waals surface area contributed by atoms with E-state index < -0.39 is 59.6 Å². The van der Waals surface area contributed by atoms with E-state index >= 15 is 0 Å². The first-order chi connectivity index (χ1) is 21.3. The van der Waals surface area contributed by atoms with E-state index in [0.29, 0.717) is 27.5 Å². The zero-order valence-corrected chi connectivity index (χ0v) is 25.4. The minimum atomic E-state index is -4.57. The van der Waals surface area contributed by atoms with Crippen LogP contribution >= 0.6 is 11.3 Å². The first kappa shape index (κ1) is 31.3. The lowest BCUT2D eigenvalue weighted by atomic mass is 9.91. The molecule has 2 aliphatic heterocycles. The van der Waals surface area contributed by atoms with E-state index in [1.54, 1.807) is 33.8 Å². The number of ether oxygens (including phenoxy) is 4. The first-order valence-electron chi connectivity index (χ1n) is 14.1. The van der Waals surface area contributed by atoms with Crippen LogP contribution in [0.2, 0.25) is 0 Å². The molecule has 2 aromatic heterocycles. The lowest BCUT2D eigenvalue weighted by molar-refractivity contribution is -0.313. The van der Waals surface area contributed by atoms with Gasteiger partial charge in [0, 0.05) is 5.56 Å². The molecule has 0 spiro atoms. The molecule has 0 aliphatic carbocycles. The van der Waals surface area contributed by atoms with E-state index in [4.69, 9.17) is 18.9 Å². The quantitative estimate of drug-likeness (QED) is 0.265. The summed E-state index contributed by atoms with van der Waals surface area (Å²) in [6.45, 7) is 6.88. The Hall–Kier alpha value is -3.67. The van der Waals surface area contributed by atoms with Crippen LogP contribution in [-0.2, 0) is 25.1 Å². The van der Waals surface area contributed by atoms with Crippen LogP contribution in [0.15, 0.2) is 48.5 Å². The molecule has 240 valence electrons. The highest BCUT2D eigenvalue weighted by molar-refractivity contribution is 7.18. The second kappa shape index (κ2) is 11.9. The lowest BCUT2D eigenvalue weighted by Crippen LogP contribution is -2.66. The van der Waals surface area contributed by atoms with Crippen LogP contribution < -0.4 is 10.9 Å². The Kier molecular flexibility index (Phi) is 8.30. The summed E-state index contributed by atoms with van der Waals surface area (Å²) in [5.41, 5.74) is 5.93. The van der Waals surface area contributed by atoms with Crippen molar-refractivity contribution in [1.29, 1.82) is 0 Å². The molecule has 6 rings (SSSR count). The van der Waals surface area contributed by atoms with E-state index in [1.807, 2.05) is 30.3 Å². The Labute approximate surface area is 259 Å². The number of thiazole rings is 1. The molecular formula is C29H31F3N6O6S. The molecular weight excluding hydrogens is 617 g/mol. The van der Waals surface area contributed by atoms with Gasteiger partial charge in [-0.25, -0.2) is 24.9 Å². The zero-order chi connectivity index (χ0) is 32.1. The molecule has 16 heteroatoms. The fourth-order valence-electron chi connectivity index (χ4n) is 5.21. The van der Waals surface area contributed by atoms with Gasteiger partial charge in [0.25, 0.3) is 0 Å². The smallest absolute Gasteiger partial charge is 0.443 e. The summed E-state index contributed by atoms with van der Waals surface area (Å²) in [6.07, 6.45) is -10.1. The van der Waals surface area contributed by atoms with Crippen LogP contribution in [0, 0.1) is 6.92 Å². The molecule has 4 heterocycles. The highest BCUT2D eigenvalue weighted by Gasteiger charge is 2.51. The third-order valence-electron chi connectivity index (χ3n) is 7.08. The normalized spacial score (nSPS) is 25.6. The number of hydrazine groups is 1. The van der Waals surface area contributed by atoms with E-state index in [2.05, 4.69) is 25.9 Å². The Morgan fingerprint density at radius 3 is 2.58 bits per heavy atom.